The van der Waals surface area contributed by atoms with Crippen LogP contribution < -0.4 is 5.19 Å². The molecule has 4 heteroatoms. The van der Waals surface area contributed by atoms with Crippen LogP contribution in [-0.4, -0.2) is 18.0 Å². The molecule has 4 aromatic carbocycles. The smallest absolute Gasteiger partial charge is 0.0798 e. The number of aromatic nitrogens is 2. The first-order valence-corrected chi connectivity index (χ1v) is 19.3. The summed E-state index contributed by atoms with van der Waals surface area (Å²) < 4.78 is 0. The Balaban J connectivity index is 0.000000210. The Morgan fingerprint density at radius 3 is 2.00 bits per heavy atom. The second kappa shape index (κ2) is 16.6. The maximum atomic E-state index is 4.69. The maximum absolute atomic E-state index is 4.69. The van der Waals surface area contributed by atoms with Gasteiger partial charge in [0.2, 0.25) is 0 Å². The molecule has 0 aliphatic rings. The van der Waals surface area contributed by atoms with Gasteiger partial charge >= 0.3 is 0 Å². The molecule has 6 rings (SSSR count). The molecule has 0 atom stereocenters. The minimum atomic E-state index is -1.34. The van der Waals surface area contributed by atoms with Gasteiger partial charge in [-0.25, -0.2) is 0 Å². The minimum Gasteiger partial charge on any atom is -0.305 e. The molecule has 0 saturated carbocycles. The Bertz CT molecular complexity index is 1780. The van der Waals surface area contributed by atoms with E-state index >= 15 is 0 Å². The summed E-state index contributed by atoms with van der Waals surface area (Å²) in [4.78, 5) is 9.16. The van der Waals surface area contributed by atoms with Gasteiger partial charge in [-0.15, -0.1) is 65.2 Å². The summed E-state index contributed by atoms with van der Waals surface area (Å²) in [6, 6.07) is 48.4. The first-order chi connectivity index (χ1) is 21.8. The van der Waals surface area contributed by atoms with Gasteiger partial charge in [0, 0.05) is 32.5 Å². The molecule has 0 aliphatic heterocycles. The average Bonchev–Trinajstić information content (AvgIpc) is 3.06. The molecule has 46 heavy (non-hydrogen) atoms. The van der Waals surface area contributed by atoms with Gasteiger partial charge in [-0.2, -0.15) is 0 Å². The number of nitrogens with zero attached hydrogens (tertiary/aromatic N) is 2. The zero-order valence-corrected chi connectivity index (χ0v) is 30.8. The van der Waals surface area contributed by atoms with Crippen molar-refractivity contribution in [1.82, 2.24) is 9.97 Å². The molecular formula is C42H42IrN2Si-2. The second-order valence-corrected chi connectivity index (χ2v) is 17.9. The number of rotatable bonds is 8. The van der Waals surface area contributed by atoms with Crippen molar-refractivity contribution in [3.05, 3.63) is 163 Å². The van der Waals surface area contributed by atoms with Crippen molar-refractivity contribution < 1.29 is 20.1 Å². The fourth-order valence-electron chi connectivity index (χ4n) is 5.54. The van der Waals surface area contributed by atoms with Crippen LogP contribution >= 0.6 is 0 Å². The number of hydrogen-bond donors (Lipinski definition) is 0. The largest absolute Gasteiger partial charge is 0.305 e. The number of benzene rings is 4. The molecule has 0 saturated heterocycles. The van der Waals surface area contributed by atoms with Gasteiger partial charge in [-0.3, -0.25) is 0 Å². The Labute approximate surface area is 290 Å². The first-order valence-electron chi connectivity index (χ1n) is 15.8. The Hall–Kier alpha value is -3.95. The molecule has 0 bridgehead atoms. The SMILES string of the molecule is CC(C)Cc1cc(-c2[c-]cccc2)ncc1[Si](C)(C)C.[Ir].[c-]1cc(-c2ccccc2)c(Cc2ccccc2)cc1-c1ccccn1. The third-order valence-corrected chi connectivity index (χ3v) is 9.78. The third-order valence-electron chi connectivity index (χ3n) is 7.71. The summed E-state index contributed by atoms with van der Waals surface area (Å²) in [7, 11) is -1.34. The second-order valence-electron chi connectivity index (χ2n) is 12.9. The Kier molecular flexibility index (Phi) is 12.6. The van der Waals surface area contributed by atoms with Gasteiger partial charge in [0.1, 0.15) is 0 Å². The van der Waals surface area contributed by atoms with Gasteiger partial charge in [-0.05, 0) is 47.0 Å². The van der Waals surface area contributed by atoms with Crippen LogP contribution in [0.1, 0.15) is 30.5 Å². The third kappa shape index (κ3) is 9.53. The molecule has 2 heterocycles. The van der Waals surface area contributed by atoms with Gasteiger partial charge in [0.15, 0.2) is 0 Å². The van der Waals surface area contributed by atoms with Gasteiger partial charge in [0.25, 0.3) is 0 Å². The van der Waals surface area contributed by atoms with Crippen molar-refractivity contribution in [2.45, 2.75) is 46.3 Å². The summed E-state index contributed by atoms with van der Waals surface area (Å²) in [5.41, 5.74) is 10.6. The molecule has 0 amide bonds. The van der Waals surface area contributed by atoms with Crippen LogP contribution in [0.5, 0.6) is 0 Å². The number of hydrogen-bond acceptors (Lipinski definition) is 2. The zero-order chi connectivity index (χ0) is 31.6. The predicted octanol–water partition coefficient (Wildman–Crippen LogP) is 10.1. The van der Waals surface area contributed by atoms with E-state index in [9.17, 15) is 0 Å². The van der Waals surface area contributed by atoms with Crippen molar-refractivity contribution in [3.8, 4) is 33.6 Å². The Morgan fingerprint density at radius 2 is 1.37 bits per heavy atom. The van der Waals surface area contributed by atoms with Gasteiger partial charge < -0.3 is 9.97 Å². The van der Waals surface area contributed by atoms with E-state index in [-0.39, 0.29) is 20.1 Å². The molecule has 0 aliphatic carbocycles. The molecular weight excluding hydrogens is 753 g/mol. The molecule has 1 radical (unpaired) electrons. The van der Waals surface area contributed by atoms with Crippen molar-refractivity contribution >= 4 is 13.3 Å². The van der Waals surface area contributed by atoms with Crippen LogP contribution in [0.25, 0.3) is 33.6 Å². The Morgan fingerprint density at radius 1 is 0.674 bits per heavy atom. The van der Waals surface area contributed by atoms with E-state index in [1.807, 2.05) is 48.7 Å². The predicted molar refractivity (Wildman–Crippen MR) is 193 cm³/mol. The van der Waals surface area contributed by atoms with Crippen LogP contribution in [0.4, 0.5) is 0 Å². The van der Waals surface area contributed by atoms with Crippen LogP contribution in [-0.2, 0) is 32.9 Å². The van der Waals surface area contributed by atoms with Crippen molar-refractivity contribution in [1.29, 1.82) is 0 Å². The molecule has 6 aromatic rings. The van der Waals surface area contributed by atoms with E-state index in [4.69, 9.17) is 0 Å². The molecule has 2 aromatic heterocycles. The summed E-state index contributed by atoms with van der Waals surface area (Å²) in [6.45, 7) is 11.7. The fraction of sp³-hybridized carbons (Fsp3) is 0.190. The summed E-state index contributed by atoms with van der Waals surface area (Å²) in [6.07, 6.45) is 5.95. The molecule has 0 spiro atoms. The molecule has 0 fully saturated rings. The van der Waals surface area contributed by atoms with E-state index in [0.717, 1.165) is 35.4 Å². The van der Waals surface area contributed by atoms with Crippen LogP contribution in [0.15, 0.2) is 134 Å². The topological polar surface area (TPSA) is 25.8 Å². The molecule has 0 N–H and O–H groups in total. The summed E-state index contributed by atoms with van der Waals surface area (Å²) in [5.74, 6) is 0.667. The summed E-state index contributed by atoms with van der Waals surface area (Å²) >= 11 is 0. The quantitative estimate of drug-likeness (QED) is 0.113. The standard InChI is InChI=1S/C24H18N.C18H24NSi.Ir/c1-3-9-19(10-4-1)17-22-18-21(24-13-7-8-16-25-24)14-15-23(22)20-11-5-2-6-12-20;1-14(2)11-16-12-17(15-9-7-6-8-10-15)19-13-18(16)20(3,4)5;/h1-13,15-16,18H,17H2;6-9,12-14H,11H2,1-5H3;/q2*-1;. The van der Waals surface area contributed by atoms with Gasteiger partial charge in [0.05, 0.1) is 8.07 Å². The number of pyridine rings is 2. The fourth-order valence-corrected chi connectivity index (χ4v) is 7.13. The van der Waals surface area contributed by atoms with Crippen molar-refractivity contribution in [2.24, 2.45) is 5.92 Å². The summed E-state index contributed by atoms with van der Waals surface area (Å²) in [5, 5.41) is 1.49. The monoisotopic (exact) mass is 795 g/mol. The van der Waals surface area contributed by atoms with Crippen molar-refractivity contribution in [3.63, 3.8) is 0 Å². The van der Waals surface area contributed by atoms with Crippen molar-refractivity contribution in [2.75, 3.05) is 0 Å². The molecule has 235 valence electrons. The first kappa shape index (κ1) is 34.9. The van der Waals surface area contributed by atoms with E-state index < -0.39 is 8.07 Å². The zero-order valence-electron chi connectivity index (χ0n) is 27.4. The van der Waals surface area contributed by atoms with Crippen LogP contribution in [0.3, 0.4) is 0 Å². The average molecular weight is 795 g/mol. The van der Waals surface area contributed by atoms with E-state index in [0.29, 0.717) is 5.92 Å². The van der Waals surface area contributed by atoms with E-state index in [1.54, 1.807) is 0 Å². The minimum absolute atomic E-state index is 0. The van der Waals surface area contributed by atoms with E-state index in [2.05, 4.69) is 141 Å². The normalized spacial score (nSPS) is 10.9. The van der Waals surface area contributed by atoms with Crippen LogP contribution in [0.2, 0.25) is 19.6 Å². The van der Waals surface area contributed by atoms with Crippen LogP contribution in [0, 0.1) is 18.1 Å². The molecule has 0 unspecified atom stereocenters. The van der Waals surface area contributed by atoms with Gasteiger partial charge in [-0.1, -0.05) is 129 Å². The maximum Gasteiger partial charge on any atom is 0.0798 e. The molecule has 2 nitrogen and oxygen atoms in total. The van der Waals surface area contributed by atoms with E-state index in [1.165, 1.54) is 33.0 Å².